The molecule has 0 atom stereocenters. The van der Waals surface area contributed by atoms with Gasteiger partial charge in [-0.3, -0.25) is 14.4 Å². The van der Waals surface area contributed by atoms with Crippen molar-refractivity contribution < 1.29 is 23.1 Å². The Kier molecular flexibility index (Phi) is 7.93. The Labute approximate surface area is 230 Å². The van der Waals surface area contributed by atoms with Gasteiger partial charge in [-0.1, -0.05) is 11.3 Å². The Morgan fingerprint density at radius 1 is 1.10 bits per heavy atom. The van der Waals surface area contributed by atoms with Gasteiger partial charge in [0.1, 0.15) is 11.6 Å². The normalized spacial score (nSPS) is 14.4. The lowest BCUT2D eigenvalue weighted by Crippen LogP contribution is -2.49. The van der Waals surface area contributed by atoms with Gasteiger partial charge >= 0.3 is 0 Å². The highest BCUT2D eigenvalue weighted by Gasteiger charge is 2.24. The predicted octanol–water partition coefficient (Wildman–Crippen LogP) is 2.99. The maximum Gasteiger partial charge on any atom is 0.263 e. The number of nitrogens with one attached hydrogen (secondary N) is 2. The number of benzene rings is 2. The first-order chi connectivity index (χ1) is 18.9. The monoisotopic (exact) mass is 568 g/mol. The minimum atomic E-state index is -3.87. The predicted molar refractivity (Wildman–Crippen MR) is 150 cm³/mol. The number of rotatable bonds is 9. The summed E-state index contributed by atoms with van der Waals surface area (Å²) < 4.78 is 34.5. The van der Waals surface area contributed by atoms with Crippen molar-refractivity contribution in [2.45, 2.75) is 4.90 Å². The highest BCUT2D eigenvalue weighted by atomic mass is 32.2. The summed E-state index contributed by atoms with van der Waals surface area (Å²) in [7, 11) is -2.30. The SMILES string of the molecule is COc1ccc2nc(NS(=O)(=O)c3ccc(Nc4ncccc4C(=O)N4CCN(CCO)CC4)cc3)sc2c1. The topological polar surface area (TPSA) is 137 Å². The van der Waals surface area contributed by atoms with Crippen LogP contribution in [-0.2, 0) is 10.0 Å². The molecule has 204 valence electrons. The summed E-state index contributed by atoms with van der Waals surface area (Å²) in [5, 5.41) is 12.5. The summed E-state index contributed by atoms with van der Waals surface area (Å²) in [6.45, 7) is 3.22. The van der Waals surface area contributed by atoms with Crippen molar-refractivity contribution in [2.75, 3.05) is 56.5 Å². The number of β-amino-alcohol motifs (C(OH)–C–C–N with tert-alkyl or cyclic N) is 1. The van der Waals surface area contributed by atoms with Crippen LogP contribution in [0.2, 0.25) is 0 Å². The molecule has 1 saturated heterocycles. The molecule has 3 heterocycles. The van der Waals surface area contributed by atoms with Gasteiger partial charge in [0, 0.05) is 44.6 Å². The average molecular weight is 569 g/mol. The molecule has 2 aromatic carbocycles. The van der Waals surface area contributed by atoms with Crippen molar-refractivity contribution in [2.24, 2.45) is 0 Å². The van der Waals surface area contributed by atoms with Gasteiger partial charge in [-0.25, -0.2) is 18.4 Å². The number of piperazine rings is 1. The number of thiazole rings is 1. The standard InChI is InChI=1S/C26H28N6O5S2/c1-37-19-6-9-22-23(17-19)38-26(29-22)30-39(35,36)20-7-4-18(5-8-20)28-24-21(3-2-10-27-24)25(34)32-13-11-31(12-14-32)15-16-33/h2-10,17,33H,11-16H2,1H3,(H,27,28)(H,29,30). The van der Waals surface area contributed by atoms with E-state index in [0.29, 0.717) is 61.1 Å². The fourth-order valence-corrected chi connectivity index (χ4v) is 6.40. The molecule has 3 N–H and O–H groups in total. The molecule has 11 nitrogen and oxygen atoms in total. The van der Waals surface area contributed by atoms with Gasteiger partial charge in [0.05, 0.1) is 34.4 Å². The molecule has 1 amide bonds. The number of aromatic nitrogens is 2. The average Bonchev–Trinajstić information content (AvgIpc) is 3.34. The Morgan fingerprint density at radius 3 is 2.59 bits per heavy atom. The van der Waals surface area contributed by atoms with Crippen LogP contribution in [0.5, 0.6) is 5.75 Å². The molecule has 0 saturated carbocycles. The Hall–Kier alpha value is -3.78. The maximum atomic E-state index is 13.2. The van der Waals surface area contributed by atoms with E-state index in [2.05, 4.69) is 24.9 Å². The summed E-state index contributed by atoms with van der Waals surface area (Å²) in [6.07, 6.45) is 1.59. The highest BCUT2D eigenvalue weighted by molar-refractivity contribution is 7.93. The number of aliphatic hydroxyl groups excluding tert-OH is 1. The van der Waals surface area contributed by atoms with Gasteiger partial charge in [0.2, 0.25) is 0 Å². The van der Waals surface area contributed by atoms with E-state index in [1.807, 2.05) is 0 Å². The Bertz CT molecular complexity index is 1570. The number of fused-ring (bicyclic) bond motifs is 1. The van der Waals surface area contributed by atoms with E-state index in [0.717, 1.165) is 4.70 Å². The van der Waals surface area contributed by atoms with E-state index in [4.69, 9.17) is 9.84 Å². The molecular weight excluding hydrogens is 540 g/mol. The lowest BCUT2D eigenvalue weighted by atomic mass is 10.2. The number of carbonyl (C=O) groups is 1. The number of hydrogen-bond acceptors (Lipinski definition) is 10. The molecule has 4 aromatic rings. The number of hydrogen-bond donors (Lipinski definition) is 3. The Morgan fingerprint density at radius 2 is 1.87 bits per heavy atom. The third-order valence-electron chi connectivity index (χ3n) is 6.36. The summed E-state index contributed by atoms with van der Waals surface area (Å²) in [6, 6.07) is 15.0. The summed E-state index contributed by atoms with van der Waals surface area (Å²) in [4.78, 5) is 25.9. The molecule has 0 bridgehead atoms. The number of sulfonamides is 1. The first-order valence-corrected chi connectivity index (χ1v) is 14.6. The van der Waals surface area contributed by atoms with Gasteiger partial charge in [0.15, 0.2) is 5.13 Å². The fourth-order valence-electron chi connectivity index (χ4n) is 4.27. The van der Waals surface area contributed by atoms with Gasteiger partial charge in [-0.2, -0.15) is 0 Å². The van der Waals surface area contributed by atoms with Gasteiger partial charge < -0.3 is 20.1 Å². The number of anilines is 3. The minimum Gasteiger partial charge on any atom is -0.497 e. The number of pyridine rings is 1. The molecule has 0 radical (unpaired) electrons. The zero-order chi connectivity index (χ0) is 27.4. The van der Waals surface area contributed by atoms with Gasteiger partial charge in [0.25, 0.3) is 15.9 Å². The fraction of sp³-hybridized carbons (Fsp3) is 0.269. The molecule has 1 aliphatic rings. The molecule has 0 aliphatic carbocycles. The molecule has 1 fully saturated rings. The van der Waals surface area contributed by atoms with E-state index in [1.165, 1.54) is 23.5 Å². The second-order valence-electron chi connectivity index (χ2n) is 8.86. The molecule has 2 aromatic heterocycles. The summed E-state index contributed by atoms with van der Waals surface area (Å²) >= 11 is 1.22. The molecule has 39 heavy (non-hydrogen) atoms. The first-order valence-electron chi connectivity index (χ1n) is 12.3. The van der Waals surface area contributed by atoms with Crippen molar-refractivity contribution >= 4 is 54.1 Å². The van der Waals surface area contributed by atoms with Crippen LogP contribution in [0.1, 0.15) is 10.4 Å². The molecular formula is C26H28N6O5S2. The number of carbonyl (C=O) groups excluding carboxylic acids is 1. The number of methoxy groups -OCH3 is 1. The molecule has 1 aliphatic heterocycles. The van der Waals surface area contributed by atoms with Crippen LogP contribution in [-0.4, -0.2) is 85.6 Å². The highest BCUT2D eigenvalue weighted by Crippen LogP contribution is 2.31. The zero-order valence-corrected chi connectivity index (χ0v) is 22.8. The first kappa shape index (κ1) is 26.8. The van der Waals surface area contributed by atoms with Crippen LogP contribution in [0.3, 0.4) is 0 Å². The third kappa shape index (κ3) is 6.11. The number of ether oxygens (including phenoxy) is 1. The van der Waals surface area contributed by atoms with E-state index in [9.17, 15) is 13.2 Å². The second kappa shape index (κ2) is 11.5. The van der Waals surface area contributed by atoms with Crippen molar-refractivity contribution in [3.63, 3.8) is 0 Å². The van der Waals surface area contributed by atoms with Crippen molar-refractivity contribution in [1.82, 2.24) is 19.8 Å². The number of nitrogens with zero attached hydrogens (tertiary/aromatic N) is 4. The van der Waals surface area contributed by atoms with Crippen LogP contribution in [0.4, 0.5) is 16.6 Å². The second-order valence-corrected chi connectivity index (χ2v) is 11.6. The lowest BCUT2D eigenvalue weighted by Gasteiger charge is -2.34. The summed E-state index contributed by atoms with van der Waals surface area (Å²) in [5.74, 6) is 0.923. The third-order valence-corrected chi connectivity index (χ3v) is 8.78. The van der Waals surface area contributed by atoms with Crippen LogP contribution in [0, 0.1) is 0 Å². The quantitative estimate of drug-likeness (QED) is 0.278. The van der Waals surface area contributed by atoms with Crippen molar-refractivity contribution in [3.05, 3.63) is 66.4 Å². The zero-order valence-electron chi connectivity index (χ0n) is 21.2. The molecule has 5 rings (SSSR count). The van der Waals surface area contributed by atoms with Crippen LogP contribution < -0.4 is 14.8 Å². The van der Waals surface area contributed by atoms with Crippen molar-refractivity contribution in [1.29, 1.82) is 0 Å². The lowest BCUT2D eigenvalue weighted by molar-refractivity contribution is 0.0615. The van der Waals surface area contributed by atoms with Gasteiger partial charge in [-0.15, -0.1) is 0 Å². The number of amides is 1. The van der Waals surface area contributed by atoms with Crippen LogP contribution in [0.15, 0.2) is 65.7 Å². The summed E-state index contributed by atoms with van der Waals surface area (Å²) in [5.41, 5.74) is 1.69. The smallest absolute Gasteiger partial charge is 0.263 e. The van der Waals surface area contributed by atoms with Crippen LogP contribution in [0.25, 0.3) is 10.2 Å². The van der Waals surface area contributed by atoms with E-state index >= 15 is 0 Å². The van der Waals surface area contributed by atoms with E-state index in [-0.39, 0.29) is 22.5 Å². The molecule has 13 heteroatoms. The minimum absolute atomic E-state index is 0.0722. The van der Waals surface area contributed by atoms with Crippen molar-refractivity contribution in [3.8, 4) is 5.75 Å². The van der Waals surface area contributed by atoms with Gasteiger partial charge in [-0.05, 0) is 54.6 Å². The molecule has 0 spiro atoms. The maximum absolute atomic E-state index is 13.2. The molecule has 0 unspecified atom stereocenters. The largest absolute Gasteiger partial charge is 0.497 e. The van der Waals surface area contributed by atoms with E-state index < -0.39 is 10.0 Å². The Balaban J connectivity index is 1.27. The van der Waals surface area contributed by atoms with Crippen LogP contribution >= 0.6 is 11.3 Å². The van der Waals surface area contributed by atoms with E-state index in [1.54, 1.807) is 60.7 Å². The number of aliphatic hydroxyl groups is 1.